The molecule has 0 saturated heterocycles. The summed E-state index contributed by atoms with van der Waals surface area (Å²) in [7, 11) is 0. The zero-order valence-corrected chi connectivity index (χ0v) is 13.0. The third kappa shape index (κ3) is 4.67. The fourth-order valence-electron chi connectivity index (χ4n) is 1.89. The second-order valence-corrected chi connectivity index (χ2v) is 4.94. The van der Waals surface area contributed by atoms with Gasteiger partial charge in [0, 0.05) is 11.6 Å². The van der Waals surface area contributed by atoms with Gasteiger partial charge in [0.05, 0.1) is 21.6 Å². The molecule has 2 aromatic rings. The lowest BCUT2D eigenvalue weighted by Gasteiger charge is -2.03. The topological polar surface area (TPSA) is 111 Å². The number of allylic oxidation sites excluding steroid dienone is 1. The van der Waals surface area contributed by atoms with Crippen molar-refractivity contribution in [2.45, 2.75) is 6.92 Å². The van der Waals surface area contributed by atoms with Gasteiger partial charge < -0.3 is 0 Å². The van der Waals surface area contributed by atoms with Crippen molar-refractivity contribution >= 4 is 28.8 Å². The van der Waals surface area contributed by atoms with Crippen LogP contribution in [0.5, 0.6) is 0 Å². The Morgan fingerprint density at radius 2 is 1.88 bits per heavy atom. The first-order valence-corrected chi connectivity index (χ1v) is 7.04. The van der Waals surface area contributed by atoms with Gasteiger partial charge in [-0.25, -0.2) is 4.39 Å². The van der Waals surface area contributed by atoms with E-state index >= 15 is 0 Å². The largest absolute Gasteiger partial charge is 0.301 e. The van der Waals surface area contributed by atoms with Crippen LogP contribution in [0.3, 0.4) is 0 Å². The highest BCUT2D eigenvalue weighted by Crippen LogP contribution is 2.28. The van der Waals surface area contributed by atoms with Crippen LogP contribution >= 0.6 is 0 Å². The molecule has 1 N–H and O–H groups in total. The first kappa shape index (κ1) is 17.7. The molecule has 0 bridgehead atoms. The normalized spacial score (nSPS) is 11.5. The van der Waals surface area contributed by atoms with Gasteiger partial charge >= 0.3 is 5.69 Å². The van der Waals surface area contributed by atoms with Gasteiger partial charge in [0.2, 0.25) is 0 Å². The van der Waals surface area contributed by atoms with E-state index in [9.17, 15) is 24.6 Å². The Hall–Kier alpha value is -3.62. The summed E-state index contributed by atoms with van der Waals surface area (Å²) in [5.41, 5.74) is 2.44. The SMILES string of the molecule is CC(/C=C/c1ccccc1F)=N\Nc1ccc([N+](=O)[O-])cc1[N+](=O)[O-]. The summed E-state index contributed by atoms with van der Waals surface area (Å²) in [6.07, 6.45) is 3.04. The Kier molecular flexibility index (Phi) is 5.51. The molecule has 0 saturated carbocycles. The summed E-state index contributed by atoms with van der Waals surface area (Å²) >= 11 is 0. The van der Waals surface area contributed by atoms with Gasteiger partial charge in [-0.2, -0.15) is 5.10 Å². The molecule has 0 unspecified atom stereocenters. The minimum Gasteiger partial charge on any atom is -0.271 e. The monoisotopic (exact) mass is 344 g/mol. The lowest BCUT2D eigenvalue weighted by molar-refractivity contribution is -0.393. The van der Waals surface area contributed by atoms with Crippen molar-refractivity contribution in [1.82, 2.24) is 0 Å². The molecule has 2 rings (SSSR count). The number of benzene rings is 2. The zero-order chi connectivity index (χ0) is 18.4. The van der Waals surface area contributed by atoms with Gasteiger partial charge in [-0.15, -0.1) is 0 Å². The number of hydrazone groups is 1. The Bertz CT molecular complexity index is 880. The van der Waals surface area contributed by atoms with Crippen LogP contribution in [0.25, 0.3) is 6.08 Å². The average molecular weight is 344 g/mol. The van der Waals surface area contributed by atoms with Crippen LogP contribution in [0.2, 0.25) is 0 Å². The van der Waals surface area contributed by atoms with Crippen molar-refractivity contribution in [2.75, 3.05) is 5.43 Å². The molecule has 0 atom stereocenters. The summed E-state index contributed by atoms with van der Waals surface area (Å²) in [4.78, 5) is 20.3. The zero-order valence-electron chi connectivity index (χ0n) is 13.0. The van der Waals surface area contributed by atoms with Gasteiger partial charge in [-0.05, 0) is 25.1 Å². The number of nitrogens with zero attached hydrogens (tertiary/aromatic N) is 3. The van der Waals surface area contributed by atoms with E-state index in [0.29, 0.717) is 11.3 Å². The van der Waals surface area contributed by atoms with Crippen LogP contribution in [0, 0.1) is 26.0 Å². The lowest BCUT2D eigenvalue weighted by atomic mass is 10.2. The van der Waals surface area contributed by atoms with Crippen molar-refractivity contribution in [1.29, 1.82) is 0 Å². The van der Waals surface area contributed by atoms with Crippen LogP contribution in [0.1, 0.15) is 12.5 Å². The summed E-state index contributed by atoms with van der Waals surface area (Å²) < 4.78 is 13.5. The second-order valence-electron chi connectivity index (χ2n) is 4.94. The molecule has 0 aliphatic carbocycles. The molecule has 0 amide bonds. The fraction of sp³-hybridized carbons (Fsp3) is 0.0625. The van der Waals surface area contributed by atoms with Crippen molar-refractivity contribution in [3.8, 4) is 0 Å². The van der Waals surface area contributed by atoms with Crippen LogP contribution < -0.4 is 5.43 Å². The van der Waals surface area contributed by atoms with Crippen molar-refractivity contribution in [3.63, 3.8) is 0 Å². The number of nitrogens with one attached hydrogen (secondary N) is 1. The number of nitro benzene ring substituents is 2. The Morgan fingerprint density at radius 1 is 1.16 bits per heavy atom. The van der Waals surface area contributed by atoms with E-state index in [2.05, 4.69) is 10.5 Å². The third-order valence-corrected chi connectivity index (χ3v) is 3.15. The quantitative estimate of drug-likeness (QED) is 0.481. The van der Waals surface area contributed by atoms with Gasteiger partial charge in [0.25, 0.3) is 5.69 Å². The maximum absolute atomic E-state index is 13.5. The summed E-state index contributed by atoms with van der Waals surface area (Å²) in [5, 5.41) is 25.7. The maximum atomic E-state index is 13.5. The maximum Gasteiger partial charge on any atom is 0.301 e. The molecule has 25 heavy (non-hydrogen) atoms. The average Bonchev–Trinajstić information content (AvgIpc) is 2.58. The van der Waals surface area contributed by atoms with E-state index in [1.54, 1.807) is 25.1 Å². The summed E-state index contributed by atoms with van der Waals surface area (Å²) in [5.74, 6) is -0.384. The number of hydrogen-bond acceptors (Lipinski definition) is 6. The molecule has 128 valence electrons. The number of anilines is 1. The van der Waals surface area contributed by atoms with Crippen LogP contribution in [0.4, 0.5) is 21.5 Å². The molecule has 2 aromatic carbocycles. The van der Waals surface area contributed by atoms with Gasteiger partial charge in [0.15, 0.2) is 0 Å². The molecule has 0 aliphatic heterocycles. The Labute approximate surface area is 141 Å². The molecular weight excluding hydrogens is 331 g/mol. The number of non-ortho nitro benzene ring substituents is 1. The second kappa shape index (κ2) is 7.77. The molecule has 0 radical (unpaired) electrons. The predicted octanol–water partition coefficient (Wildman–Crippen LogP) is 4.14. The molecule has 0 aliphatic rings. The number of rotatable bonds is 6. The predicted molar refractivity (Wildman–Crippen MR) is 91.9 cm³/mol. The van der Waals surface area contributed by atoms with E-state index in [1.807, 2.05) is 0 Å². The van der Waals surface area contributed by atoms with Gasteiger partial charge in [-0.1, -0.05) is 24.3 Å². The minimum atomic E-state index is -0.741. The molecule has 0 aromatic heterocycles. The highest BCUT2D eigenvalue weighted by Gasteiger charge is 2.19. The van der Waals surface area contributed by atoms with Crippen LogP contribution in [0.15, 0.2) is 53.6 Å². The van der Waals surface area contributed by atoms with E-state index in [-0.39, 0.29) is 11.5 Å². The van der Waals surface area contributed by atoms with Crippen molar-refractivity contribution < 1.29 is 14.2 Å². The van der Waals surface area contributed by atoms with Crippen molar-refractivity contribution in [2.24, 2.45) is 5.10 Å². The molecule has 8 nitrogen and oxygen atoms in total. The molecule has 9 heteroatoms. The molecule has 0 fully saturated rings. The van der Waals surface area contributed by atoms with Crippen LogP contribution in [-0.2, 0) is 0 Å². The highest BCUT2D eigenvalue weighted by atomic mass is 19.1. The van der Waals surface area contributed by atoms with Crippen LogP contribution in [-0.4, -0.2) is 15.6 Å². The van der Waals surface area contributed by atoms with Gasteiger partial charge in [-0.3, -0.25) is 25.7 Å². The molecule has 0 heterocycles. The number of halogens is 1. The molecular formula is C16H13FN4O4. The van der Waals surface area contributed by atoms with E-state index in [4.69, 9.17) is 0 Å². The van der Waals surface area contributed by atoms with Gasteiger partial charge in [0.1, 0.15) is 11.5 Å². The first-order valence-electron chi connectivity index (χ1n) is 7.04. The summed E-state index contributed by atoms with van der Waals surface area (Å²) in [6, 6.07) is 9.36. The first-order chi connectivity index (χ1) is 11.9. The Balaban J connectivity index is 2.19. The number of nitro groups is 2. The molecule has 0 spiro atoms. The standard InChI is InChI=1S/C16H13FN4O4/c1-11(6-7-12-4-2-3-5-14(12)17)18-19-15-9-8-13(20(22)23)10-16(15)21(24)25/h2-10,19H,1H3/b7-6+,18-11+. The lowest BCUT2D eigenvalue weighted by Crippen LogP contribution is -2.00. The third-order valence-electron chi connectivity index (χ3n) is 3.15. The minimum absolute atomic E-state index is 0.00856. The van der Waals surface area contributed by atoms with E-state index in [1.165, 1.54) is 24.3 Å². The smallest absolute Gasteiger partial charge is 0.271 e. The van der Waals surface area contributed by atoms with E-state index in [0.717, 1.165) is 12.1 Å². The van der Waals surface area contributed by atoms with E-state index < -0.39 is 21.2 Å². The van der Waals surface area contributed by atoms with Crippen molar-refractivity contribution in [3.05, 3.63) is 80.1 Å². The number of hydrogen-bond donors (Lipinski definition) is 1. The highest BCUT2D eigenvalue weighted by molar-refractivity contribution is 5.96. The fourth-order valence-corrected chi connectivity index (χ4v) is 1.89. The summed E-state index contributed by atoms with van der Waals surface area (Å²) in [6.45, 7) is 1.61. The Morgan fingerprint density at radius 3 is 2.52 bits per heavy atom.